The standard InChI is InChI=1S/C19H20N4O3S/c1-11(2)16(21-18(25)15-8-5-9-27-15)19(26)23-22-17(24)13-10-20-14-7-4-3-6-12(13)14/h3-11,16,20H,1-2H3,(H,21,25)(H,22,24)(H,23,26). The van der Waals surface area contributed by atoms with Crippen LogP contribution in [-0.4, -0.2) is 28.7 Å². The van der Waals surface area contributed by atoms with Crippen molar-refractivity contribution in [3.8, 4) is 0 Å². The van der Waals surface area contributed by atoms with Crippen molar-refractivity contribution in [3.05, 3.63) is 58.4 Å². The van der Waals surface area contributed by atoms with Gasteiger partial charge in [-0.05, 0) is 23.4 Å². The average Bonchev–Trinajstić information content (AvgIpc) is 3.33. The van der Waals surface area contributed by atoms with Crippen molar-refractivity contribution < 1.29 is 14.4 Å². The highest BCUT2D eigenvalue weighted by atomic mass is 32.1. The van der Waals surface area contributed by atoms with E-state index in [1.54, 1.807) is 23.7 Å². The smallest absolute Gasteiger partial charge is 0.271 e. The fourth-order valence-electron chi connectivity index (χ4n) is 2.68. The number of aromatic nitrogens is 1. The normalized spacial score (nSPS) is 12.0. The molecule has 140 valence electrons. The Labute approximate surface area is 160 Å². The number of hydrazine groups is 1. The van der Waals surface area contributed by atoms with Gasteiger partial charge in [-0.25, -0.2) is 0 Å². The first-order valence-corrected chi connectivity index (χ1v) is 9.36. The molecule has 3 rings (SSSR count). The van der Waals surface area contributed by atoms with Gasteiger partial charge in [0.05, 0.1) is 10.4 Å². The lowest BCUT2D eigenvalue weighted by Crippen LogP contribution is -2.54. The third kappa shape index (κ3) is 4.17. The Morgan fingerprint density at radius 3 is 2.48 bits per heavy atom. The molecule has 3 amide bonds. The summed E-state index contributed by atoms with van der Waals surface area (Å²) in [4.78, 5) is 40.6. The molecule has 0 radical (unpaired) electrons. The van der Waals surface area contributed by atoms with Gasteiger partial charge in [-0.2, -0.15) is 0 Å². The first kappa shape index (κ1) is 18.7. The van der Waals surface area contributed by atoms with Crippen molar-refractivity contribution in [1.29, 1.82) is 0 Å². The molecule has 1 unspecified atom stereocenters. The first-order valence-electron chi connectivity index (χ1n) is 8.48. The molecule has 27 heavy (non-hydrogen) atoms. The molecule has 0 bridgehead atoms. The summed E-state index contributed by atoms with van der Waals surface area (Å²) in [6, 6.07) is 10.1. The number of fused-ring (bicyclic) bond motifs is 1. The van der Waals surface area contributed by atoms with E-state index in [-0.39, 0.29) is 11.8 Å². The zero-order valence-corrected chi connectivity index (χ0v) is 15.7. The lowest BCUT2D eigenvalue weighted by atomic mass is 10.0. The van der Waals surface area contributed by atoms with Gasteiger partial charge in [-0.3, -0.25) is 25.2 Å². The highest BCUT2D eigenvalue weighted by molar-refractivity contribution is 7.12. The molecule has 0 aliphatic carbocycles. The van der Waals surface area contributed by atoms with Crippen molar-refractivity contribution in [3.63, 3.8) is 0 Å². The summed E-state index contributed by atoms with van der Waals surface area (Å²) in [6.07, 6.45) is 1.59. The van der Waals surface area contributed by atoms with Gasteiger partial charge in [0.25, 0.3) is 17.7 Å². The molecule has 0 saturated heterocycles. The van der Waals surface area contributed by atoms with Crippen LogP contribution in [0.15, 0.2) is 48.0 Å². The van der Waals surface area contributed by atoms with Gasteiger partial charge in [0.2, 0.25) is 0 Å². The maximum absolute atomic E-state index is 12.5. The number of aromatic amines is 1. The number of hydrogen-bond acceptors (Lipinski definition) is 4. The molecule has 1 aromatic carbocycles. The first-order chi connectivity index (χ1) is 13.0. The number of H-pyrrole nitrogens is 1. The molecule has 0 saturated carbocycles. The number of thiophene rings is 1. The Morgan fingerprint density at radius 2 is 1.78 bits per heavy atom. The van der Waals surface area contributed by atoms with Crippen LogP contribution in [0.2, 0.25) is 0 Å². The molecule has 7 nitrogen and oxygen atoms in total. The van der Waals surface area contributed by atoms with Crippen LogP contribution in [0.25, 0.3) is 10.9 Å². The predicted molar refractivity (Wildman–Crippen MR) is 104 cm³/mol. The van der Waals surface area contributed by atoms with Crippen molar-refractivity contribution in [2.75, 3.05) is 0 Å². The summed E-state index contributed by atoms with van der Waals surface area (Å²) in [6.45, 7) is 3.64. The predicted octanol–water partition coefficient (Wildman–Crippen LogP) is 2.45. The zero-order chi connectivity index (χ0) is 19.4. The summed E-state index contributed by atoms with van der Waals surface area (Å²) >= 11 is 1.30. The third-order valence-corrected chi connectivity index (χ3v) is 4.98. The second-order valence-electron chi connectivity index (χ2n) is 6.36. The molecule has 1 atom stereocenters. The van der Waals surface area contributed by atoms with E-state index in [4.69, 9.17) is 0 Å². The number of carbonyl (C=O) groups is 3. The Balaban J connectivity index is 1.63. The number of hydrogen-bond donors (Lipinski definition) is 4. The van der Waals surface area contributed by atoms with Crippen LogP contribution in [0, 0.1) is 5.92 Å². The second-order valence-corrected chi connectivity index (χ2v) is 7.31. The monoisotopic (exact) mass is 384 g/mol. The Hall–Kier alpha value is -3.13. The molecule has 0 aliphatic heterocycles. The van der Waals surface area contributed by atoms with Gasteiger partial charge >= 0.3 is 0 Å². The van der Waals surface area contributed by atoms with Crippen LogP contribution in [-0.2, 0) is 4.79 Å². The van der Waals surface area contributed by atoms with E-state index in [1.165, 1.54) is 11.3 Å². The van der Waals surface area contributed by atoms with Crippen LogP contribution in [0.3, 0.4) is 0 Å². The molecular formula is C19H20N4O3S. The third-order valence-electron chi connectivity index (χ3n) is 4.11. The summed E-state index contributed by atoms with van der Waals surface area (Å²) in [5.74, 6) is -1.39. The fraction of sp³-hybridized carbons (Fsp3) is 0.211. The van der Waals surface area contributed by atoms with Gasteiger partial charge in [0.1, 0.15) is 6.04 Å². The zero-order valence-electron chi connectivity index (χ0n) is 14.9. The number of benzene rings is 1. The summed E-state index contributed by atoms with van der Waals surface area (Å²) < 4.78 is 0. The molecule has 8 heteroatoms. The minimum Gasteiger partial charge on any atom is -0.360 e. The minimum absolute atomic E-state index is 0.154. The quantitative estimate of drug-likeness (QED) is 0.508. The van der Waals surface area contributed by atoms with Gasteiger partial charge in [-0.1, -0.05) is 38.1 Å². The molecule has 2 heterocycles. The van der Waals surface area contributed by atoms with E-state index in [2.05, 4.69) is 21.2 Å². The SMILES string of the molecule is CC(C)C(NC(=O)c1cccs1)C(=O)NNC(=O)c1c[nH]c2ccccc12. The molecule has 0 fully saturated rings. The maximum Gasteiger partial charge on any atom is 0.271 e. The van der Waals surface area contributed by atoms with E-state index >= 15 is 0 Å². The van der Waals surface area contributed by atoms with Gasteiger partial charge in [0, 0.05) is 17.1 Å². The summed E-state index contributed by atoms with van der Waals surface area (Å²) in [5.41, 5.74) is 6.07. The van der Waals surface area contributed by atoms with Gasteiger partial charge < -0.3 is 10.3 Å². The molecule has 3 aromatic rings. The Bertz CT molecular complexity index is 962. The maximum atomic E-state index is 12.5. The molecule has 0 aliphatic rings. The van der Waals surface area contributed by atoms with E-state index in [9.17, 15) is 14.4 Å². The largest absolute Gasteiger partial charge is 0.360 e. The average molecular weight is 384 g/mol. The van der Waals surface area contributed by atoms with E-state index in [0.717, 1.165) is 10.9 Å². The summed E-state index contributed by atoms with van der Waals surface area (Å²) in [5, 5.41) is 5.26. The number of rotatable bonds is 5. The van der Waals surface area contributed by atoms with Crippen LogP contribution < -0.4 is 16.2 Å². The lowest BCUT2D eigenvalue weighted by molar-refractivity contribution is -0.124. The number of para-hydroxylation sites is 1. The fourth-order valence-corrected chi connectivity index (χ4v) is 3.30. The topological polar surface area (TPSA) is 103 Å². The number of nitrogens with one attached hydrogen (secondary N) is 4. The highest BCUT2D eigenvalue weighted by Crippen LogP contribution is 2.17. The van der Waals surface area contributed by atoms with E-state index in [1.807, 2.05) is 38.1 Å². The Morgan fingerprint density at radius 1 is 1.00 bits per heavy atom. The molecule has 0 spiro atoms. The highest BCUT2D eigenvalue weighted by Gasteiger charge is 2.25. The second kappa shape index (κ2) is 8.05. The molecule has 4 N–H and O–H groups in total. The number of amides is 3. The minimum atomic E-state index is -0.775. The van der Waals surface area contributed by atoms with Crippen LogP contribution in [0.1, 0.15) is 33.9 Å². The molecule has 2 aromatic heterocycles. The van der Waals surface area contributed by atoms with Crippen molar-refractivity contribution in [2.45, 2.75) is 19.9 Å². The van der Waals surface area contributed by atoms with Crippen molar-refractivity contribution in [2.24, 2.45) is 5.92 Å². The summed E-state index contributed by atoms with van der Waals surface area (Å²) in [7, 11) is 0. The van der Waals surface area contributed by atoms with Gasteiger partial charge in [-0.15, -0.1) is 11.3 Å². The van der Waals surface area contributed by atoms with Gasteiger partial charge in [0.15, 0.2) is 0 Å². The lowest BCUT2D eigenvalue weighted by Gasteiger charge is -2.21. The Kier molecular flexibility index (Phi) is 5.56. The van der Waals surface area contributed by atoms with Crippen molar-refractivity contribution in [1.82, 2.24) is 21.2 Å². The van der Waals surface area contributed by atoms with Crippen LogP contribution in [0.5, 0.6) is 0 Å². The number of carbonyl (C=O) groups excluding carboxylic acids is 3. The van der Waals surface area contributed by atoms with E-state index in [0.29, 0.717) is 10.4 Å². The van der Waals surface area contributed by atoms with Crippen LogP contribution in [0.4, 0.5) is 0 Å². The van der Waals surface area contributed by atoms with Crippen molar-refractivity contribution >= 4 is 40.0 Å². The molecular weight excluding hydrogens is 364 g/mol. The van der Waals surface area contributed by atoms with E-state index < -0.39 is 17.9 Å². The van der Waals surface area contributed by atoms with Crippen LogP contribution >= 0.6 is 11.3 Å².